The van der Waals surface area contributed by atoms with E-state index in [-0.39, 0.29) is 11.9 Å². The van der Waals surface area contributed by atoms with E-state index in [0.717, 1.165) is 38.0 Å². The first-order chi connectivity index (χ1) is 10.2. The van der Waals surface area contributed by atoms with Crippen LogP contribution >= 0.6 is 0 Å². The van der Waals surface area contributed by atoms with Gasteiger partial charge < -0.3 is 4.74 Å². The summed E-state index contributed by atoms with van der Waals surface area (Å²) in [5.74, 6) is 1.12. The summed E-state index contributed by atoms with van der Waals surface area (Å²) in [6.45, 7) is 3.75. The lowest BCUT2D eigenvalue weighted by Crippen LogP contribution is -2.25. The number of carbonyl (C=O) groups excluding carboxylic acids is 1. The second kappa shape index (κ2) is 7.64. The zero-order valence-corrected chi connectivity index (χ0v) is 12.3. The molecule has 3 heteroatoms. The molecule has 0 saturated heterocycles. The van der Waals surface area contributed by atoms with Gasteiger partial charge in [-0.15, -0.1) is 6.58 Å². The number of benzene rings is 1. The largest absolute Gasteiger partial charge is 0.426 e. The molecule has 110 valence electrons. The first kappa shape index (κ1) is 15.3. The lowest BCUT2D eigenvalue weighted by atomic mass is 9.80. The smallest absolute Gasteiger partial charge is 0.314 e. The number of nitriles is 1. The number of hydrogen-bond acceptors (Lipinski definition) is 3. The molecular formula is C18H21NO2. The van der Waals surface area contributed by atoms with E-state index in [9.17, 15) is 4.79 Å². The van der Waals surface area contributed by atoms with Crippen molar-refractivity contribution < 1.29 is 9.53 Å². The minimum absolute atomic E-state index is 0.0145. The second-order valence-electron chi connectivity index (χ2n) is 5.64. The Hall–Kier alpha value is -2.08. The van der Waals surface area contributed by atoms with Crippen LogP contribution in [0.4, 0.5) is 0 Å². The molecule has 0 unspecified atom stereocenters. The van der Waals surface area contributed by atoms with Crippen LogP contribution in [0.5, 0.6) is 5.75 Å². The van der Waals surface area contributed by atoms with Crippen molar-refractivity contribution in [3.05, 3.63) is 42.5 Å². The summed E-state index contributed by atoms with van der Waals surface area (Å²) in [5.41, 5.74) is 0.567. The van der Waals surface area contributed by atoms with Gasteiger partial charge in [0.25, 0.3) is 0 Å². The Balaban J connectivity index is 1.81. The molecule has 1 fully saturated rings. The third kappa shape index (κ3) is 4.46. The van der Waals surface area contributed by atoms with Crippen molar-refractivity contribution in [2.45, 2.75) is 38.5 Å². The Morgan fingerprint density at radius 2 is 1.95 bits per heavy atom. The molecule has 0 N–H and O–H groups in total. The predicted molar refractivity (Wildman–Crippen MR) is 81.7 cm³/mol. The lowest BCUT2D eigenvalue weighted by Gasteiger charge is -2.26. The van der Waals surface area contributed by atoms with Gasteiger partial charge in [-0.2, -0.15) is 5.26 Å². The summed E-state index contributed by atoms with van der Waals surface area (Å²) in [6.07, 6.45) is 8.23. The molecule has 2 rings (SSSR count). The molecule has 1 aliphatic carbocycles. The van der Waals surface area contributed by atoms with E-state index < -0.39 is 0 Å². The summed E-state index contributed by atoms with van der Waals surface area (Å²) in [5, 5.41) is 8.74. The van der Waals surface area contributed by atoms with Gasteiger partial charge >= 0.3 is 5.97 Å². The van der Waals surface area contributed by atoms with Gasteiger partial charge in [0, 0.05) is 0 Å². The predicted octanol–water partition coefficient (Wildman–Crippen LogP) is 4.24. The van der Waals surface area contributed by atoms with Crippen molar-refractivity contribution in [1.29, 1.82) is 5.26 Å². The minimum Gasteiger partial charge on any atom is -0.426 e. The van der Waals surface area contributed by atoms with Crippen LogP contribution in [0.15, 0.2) is 36.9 Å². The van der Waals surface area contributed by atoms with E-state index in [2.05, 4.69) is 6.58 Å². The van der Waals surface area contributed by atoms with Crippen LogP contribution in [0, 0.1) is 23.2 Å². The monoisotopic (exact) mass is 283 g/mol. The first-order valence-electron chi connectivity index (χ1n) is 7.55. The second-order valence-corrected chi connectivity index (χ2v) is 5.64. The summed E-state index contributed by atoms with van der Waals surface area (Å²) in [6, 6.07) is 8.71. The molecule has 0 heterocycles. The SMILES string of the molecule is C=CCCC1CCC(C(=O)Oc2ccc(C#N)cc2)CC1. The van der Waals surface area contributed by atoms with Gasteiger partial charge in [-0.3, -0.25) is 4.79 Å². The average molecular weight is 283 g/mol. The van der Waals surface area contributed by atoms with Gasteiger partial charge in [0.05, 0.1) is 17.6 Å². The molecule has 0 amide bonds. The molecule has 3 nitrogen and oxygen atoms in total. The Kier molecular flexibility index (Phi) is 5.57. The minimum atomic E-state index is -0.137. The molecule has 0 spiro atoms. The summed E-state index contributed by atoms with van der Waals surface area (Å²) in [7, 11) is 0. The number of carbonyl (C=O) groups is 1. The molecular weight excluding hydrogens is 262 g/mol. The maximum atomic E-state index is 12.1. The van der Waals surface area contributed by atoms with E-state index in [0.29, 0.717) is 11.3 Å². The topological polar surface area (TPSA) is 50.1 Å². The van der Waals surface area contributed by atoms with Crippen molar-refractivity contribution in [3.8, 4) is 11.8 Å². The average Bonchev–Trinajstić information content (AvgIpc) is 2.54. The number of nitrogens with zero attached hydrogens (tertiary/aromatic N) is 1. The van der Waals surface area contributed by atoms with Crippen LogP contribution in [-0.2, 0) is 4.79 Å². The van der Waals surface area contributed by atoms with Crippen molar-refractivity contribution in [2.24, 2.45) is 11.8 Å². The van der Waals surface area contributed by atoms with Gasteiger partial charge in [0.1, 0.15) is 5.75 Å². The number of esters is 1. The third-order valence-electron chi connectivity index (χ3n) is 4.16. The molecule has 1 aliphatic rings. The number of rotatable bonds is 5. The molecule has 1 aromatic rings. The normalized spacial score (nSPS) is 21.3. The molecule has 1 aromatic carbocycles. The molecule has 1 saturated carbocycles. The van der Waals surface area contributed by atoms with Gasteiger partial charge in [0.2, 0.25) is 0 Å². The maximum Gasteiger partial charge on any atom is 0.314 e. The summed E-state index contributed by atoms with van der Waals surface area (Å²) < 4.78 is 5.41. The highest BCUT2D eigenvalue weighted by Crippen LogP contribution is 2.32. The van der Waals surface area contributed by atoms with Crippen LogP contribution in [-0.4, -0.2) is 5.97 Å². The molecule has 0 atom stereocenters. The Bertz CT molecular complexity index is 519. The summed E-state index contributed by atoms with van der Waals surface area (Å²) >= 11 is 0. The summed E-state index contributed by atoms with van der Waals surface area (Å²) in [4.78, 5) is 12.1. The number of ether oxygens (including phenoxy) is 1. The molecule has 0 bridgehead atoms. The van der Waals surface area contributed by atoms with E-state index >= 15 is 0 Å². The van der Waals surface area contributed by atoms with Crippen LogP contribution in [0.3, 0.4) is 0 Å². The van der Waals surface area contributed by atoms with Gasteiger partial charge in [-0.05, 0) is 68.7 Å². The standard InChI is InChI=1S/C18H21NO2/c1-2-3-4-14-5-9-16(10-6-14)18(20)21-17-11-7-15(13-19)8-12-17/h2,7-8,11-12,14,16H,1,3-6,9-10H2. The number of allylic oxidation sites excluding steroid dienone is 1. The fourth-order valence-electron chi connectivity index (χ4n) is 2.84. The Morgan fingerprint density at radius 3 is 2.52 bits per heavy atom. The van der Waals surface area contributed by atoms with E-state index in [4.69, 9.17) is 10.00 Å². The van der Waals surface area contributed by atoms with Crippen LogP contribution in [0.25, 0.3) is 0 Å². The van der Waals surface area contributed by atoms with Crippen LogP contribution in [0.1, 0.15) is 44.1 Å². The molecule has 0 aliphatic heterocycles. The molecule has 0 radical (unpaired) electrons. The maximum absolute atomic E-state index is 12.1. The highest BCUT2D eigenvalue weighted by Gasteiger charge is 2.27. The highest BCUT2D eigenvalue weighted by molar-refractivity contribution is 5.75. The third-order valence-corrected chi connectivity index (χ3v) is 4.16. The van der Waals surface area contributed by atoms with Gasteiger partial charge in [-0.1, -0.05) is 6.08 Å². The van der Waals surface area contributed by atoms with Crippen molar-refractivity contribution >= 4 is 5.97 Å². The first-order valence-corrected chi connectivity index (χ1v) is 7.55. The Morgan fingerprint density at radius 1 is 1.29 bits per heavy atom. The number of hydrogen-bond donors (Lipinski definition) is 0. The molecule has 21 heavy (non-hydrogen) atoms. The van der Waals surface area contributed by atoms with E-state index in [1.165, 1.54) is 6.42 Å². The van der Waals surface area contributed by atoms with Crippen molar-refractivity contribution in [1.82, 2.24) is 0 Å². The zero-order chi connectivity index (χ0) is 15.1. The van der Waals surface area contributed by atoms with Gasteiger partial charge in [-0.25, -0.2) is 0 Å². The quantitative estimate of drug-likeness (QED) is 0.461. The lowest BCUT2D eigenvalue weighted by molar-refractivity contribution is -0.140. The fraction of sp³-hybridized carbons (Fsp3) is 0.444. The van der Waals surface area contributed by atoms with Crippen molar-refractivity contribution in [3.63, 3.8) is 0 Å². The van der Waals surface area contributed by atoms with E-state index in [1.807, 2.05) is 12.1 Å². The fourth-order valence-corrected chi connectivity index (χ4v) is 2.84. The van der Waals surface area contributed by atoms with Gasteiger partial charge in [0.15, 0.2) is 0 Å². The highest BCUT2D eigenvalue weighted by atomic mass is 16.5. The van der Waals surface area contributed by atoms with Crippen LogP contribution < -0.4 is 4.74 Å². The zero-order valence-electron chi connectivity index (χ0n) is 12.3. The van der Waals surface area contributed by atoms with Crippen LogP contribution in [0.2, 0.25) is 0 Å². The molecule has 0 aromatic heterocycles. The Labute approximate surface area is 126 Å². The van der Waals surface area contributed by atoms with Crippen molar-refractivity contribution in [2.75, 3.05) is 0 Å². The van der Waals surface area contributed by atoms with E-state index in [1.54, 1.807) is 24.3 Å².